The SMILES string of the molecule is Cc1ncc(C2=C(c3cc(C(F)(F)F)ccc3OCc3ccccc3F)CCC2)cc1C(=O)O. The number of carboxylic acid groups (broad SMARTS) is 1. The van der Waals surface area contributed by atoms with Gasteiger partial charge in [-0.05, 0) is 73.2 Å². The number of hydrogen-bond donors (Lipinski definition) is 1. The van der Waals surface area contributed by atoms with Crippen molar-refractivity contribution in [1.82, 2.24) is 4.98 Å². The topological polar surface area (TPSA) is 59.4 Å². The smallest absolute Gasteiger partial charge is 0.416 e. The van der Waals surface area contributed by atoms with Crippen LogP contribution < -0.4 is 4.74 Å². The molecule has 176 valence electrons. The molecule has 3 aromatic rings. The first-order chi connectivity index (χ1) is 16.1. The minimum absolute atomic E-state index is 0.0383. The number of pyridine rings is 1. The molecule has 4 rings (SSSR count). The summed E-state index contributed by atoms with van der Waals surface area (Å²) in [6, 6.07) is 10.7. The third-order valence-electron chi connectivity index (χ3n) is 5.86. The highest BCUT2D eigenvalue weighted by atomic mass is 19.4. The first-order valence-corrected chi connectivity index (χ1v) is 10.7. The minimum atomic E-state index is -4.56. The predicted octanol–water partition coefficient (Wildman–Crippen LogP) is 6.92. The second-order valence-corrected chi connectivity index (χ2v) is 8.06. The van der Waals surface area contributed by atoms with Crippen molar-refractivity contribution < 1.29 is 32.2 Å². The van der Waals surface area contributed by atoms with Gasteiger partial charge in [0.2, 0.25) is 0 Å². The van der Waals surface area contributed by atoms with E-state index in [2.05, 4.69) is 4.98 Å². The first kappa shape index (κ1) is 23.5. The van der Waals surface area contributed by atoms with E-state index in [1.807, 2.05) is 0 Å². The van der Waals surface area contributed by atoms with Crippen LogP contribution in [0.3, 0.4) is 0 Å². The molecule has 0 unspecified atom stereocenters. The van der Waals surface area contributed by atoms with Crippen LogP contribution in [0.1, 0.15) is 57.6 Å². The largest absolute Gasteiger partial charge is 0.488 e. The molecular weight excluding hydrogens is 450 g/mol. The Morgan fingerprint density at radius 1 is 1.09 bits per heavy atom. The lowest BCUT2D eigenvalue weighted by molar-refractivity contribution is -0.137. The van der Waals surface area contributed by atoms with E-state index >= 15 is 0 Å². The molecule has 1 aromatic heterocycles. The van der Waals surface area contributed by atoms with Crippen LogP contribution in [0.25, 0.3) is 11.1 Å². The molecule has 0 aliphatic heterocycles. The Labute approximate surface area is 193 Å². The summed E-state index contributed by atoms with van der Waals surface area (Å²) in [7, 11) is 0. The van der Waals surface area contributed by atoms with Crippen LogP contribution in [-0.4, -0.2) is 16.1 Å². The number of ether oxygens (including phenoxy) is 1. The fraction of sp³-hybridized carbons (Fsp3) is 0.231. The molecule has 0 spiro atoms. The summed E-state index contributed by atoms with van der Waals surface area (Å²) < 4.78 is 60.4. The van der Waals surface area contributed by atoms with E-state index in [4.69, 9.17) is 4.74 Å². The first-order valence-electron chi connectivity index (χ1n) is 10.7. The molecule has 8 heteroatoms. The number of carboxylic acids is 1. The van der Waals surface area contributed by atoms with Gasteiger partial charge in [-0.15, -0.1) is 0 Å². The van der Waals surface area contributed by atoms with E-state index in [0.29, 0.717) is 36.1 Å². The number of allylic oxidation sites excluding steroid dienone is 2. The maximum atomic E-state index is 14.0. The van der Waals surface area contributed by atoms with Gasteiger partial charge in [0.15, 0.2) is 0 Å². The monoisotopic (exact) mass is 471 g/mol. The molecule has 0 bridgehead atoms. The molecule has 2 aromatic carbocycles. The van der Waals surface area contributed by atoms with Crippen LogP contribution in [0, 0.1) is 12.7 Å². The van der Waals surface area contributed by atoms with Crippen molar-refractivity contribution in [2.45, 2.75) is 39.0 Å². The van der Waals surface area contributed by atoms with E-state index in [1.54, 1.807) is 25.1 Å². The number of hydrogen-bond acceptors (Lipinski definition) is 3. The van der Waals surface area contributed by atoms with Crippen molar-refractivity contribution in [1.29, 1.82) is 0 Å². The quantitative estimate of drug-likeness (QED) is 0.397. The number of aryl methyl sites for hydroxylation is 1. The molecule has 0 fully saturated rings. The molecule has 1 N–H and O–H groups in total. The molecule has 1 aliphatic carbocycles. The number of halogens is 4. The van der Waals surface area contributed by atoms with E-state index in [9.17, 15) is 27.5 Å². The van der Waals surface area contributed by atoms with Gasteiger partial charge in [-0.2, -0.15) is 13.2 Å². The Bertz CT molecular complexity index is 1280. The number of nitrogens with zero attached hydrogens (tertiary/aromatic N) is 1. The Morgan fingerprint density at radius 2 is 1.82 bits per heavy atom. The molecule has 0 amide bonds. The van der Waals surface area contributed by atoms with Gasteiger partial charge in [0, 0.05) is 17.3 Å². The second-order valence-electron chi connectivity index (χ2n) is 8.06. The average Bonchev–Trinajstić information content (AvgIpc) is 3.27. The Hall–Kier alpha value is -3.68. The van der Waals surface area contributed by atoms with Crippen molar-refractivity contribution in [3.63, 3.8) is 0 Å². The summed E-state index contributed by atoms with van der Waals surface area (Å²) in [5.41, 5.74) is 2.02. The second kappa shape index (κ2) is 9.29. The van der Waals surface area contributed by atoms with Gasteiger partial charge in [0.05, 0.1) is 16.8 Å². The lowest BCUT2D eigenvalue weighted by Crippen LogP contribution is -2.07. The van der Waals surface area contributed by atoms with Crippen LogP contribution in [-0.2, 0) is 12.8 Å². The highest BCUT2D eigenvalue weighted by Crippen LogP contribution is 2.45. The molecule has 4 nitrogen and oxygen atoms in total. The van der Waals surface area contributed by atoms with E-state index < -0.39 is 23.5 Å². The van der Waals surface area contributed by atoms with Gasteiger partial charge < -0.3 is 9.84 Å². The third-order valence-corrected chi connectivity index (χ3v) is 5.86. The molecule has 0 saturated carbocycles. The summed E-state index contributed by atoms with van der Waals surface area (Å²) in [4.78, 5) is 15.7. The lowest BCUT2D eigenvalue weighted by atomic mass is 9.95. The standard InChI is InChI=1S/C26H21F4NO3/c1-15-21(25(32)33)11-17(13-31-15)19-6-4-7-20(19)22-12-18(26(28,29)30)9-10-24(22)34-14-16-5-2-3-8-23(16)27/h2-3,5,8-13H,4,6-7,14H2,1H3,(H,32,33). The Balaban J connectivity index is 1.81. The molecule has 0 radical (unpaired) electrons. The van der Waals surface area contributed by atoms with Gasteiger partial charge in [-0.1, -0.05) is 18.2 Å². The molecular formula is C26H21F4NO3. The predicted molar refractivity (Wildman–Crippen MR) is 119 cm³/mol. The molecule has 1 aliphatic rings. The number of aromatic nitrogens is 1. The zero-order chi connectivity index (χ0) is 24.5. The van der Waals surface area contributed by atoms with Crippen molar-refractivity contribution in [3.05, 3.63) is 94.1 Å². The number of benzene rings is 2. The van der Waals surface area contributed by atoms with Crippen molar-refractivity contribution in [2.75, 3.05) is 0 Å². The summed E-state index contributed by atoms with van der Waals surface area (Å²) in [6.45, 7) is 1.43. The molecule has 1 heterocycles. The Kier molecular flexibility index (Phi) is 6.41. The number of aromatic carboxylic acids is 1. The van der Waals surface area contributed by atoms with Crippen LogP contribution in [0.2, 0.25) is 0 Å². The van der Waals surface area contributed by atoms with Gasteiger partial charge in [-0.25, -0.2) is 9.18 Å². The number of alkyl halides is 3. The summed E-state index contributed by atoms with van der Waals surface area (Å²) >= 11 is 0. The fourth-order valence-electron chi connectivity index (χ4n) is 4.11. The maximum absolute atomic E-state index is 14.0. The summed E-state index contributed by atoms with van der Waals surface area (Å²) in [5.74, 6) is -1.40. The average molecular weight is 471 g/mol. The fourth-order valence-corrected chi connectivity index (χ4v) is 4.11. The maximum Gasteiger partial charge on any atom is 0.416 e. The minimum Gasteiger partial charge on any atom is -0.488 e. The van der Waals surface area contributed by atoms with Crippen LogP contribution in [0.15, 0.2) is 54.7 Å². The van der Waals surface area contributed by atoms with E-state index in [0.717, 1.165) is 17.7 Å². The van der Waals surface area contributed by atoms with Crippen LogP contribution >= 0.6 is 0 Å². The van der Waals surface area contributed by atoms with Gasteiger partial charge in [0.1, 0.15) is 18.2 Å². The number of rotatable bonds is 6. The normalized spacial score (nSPS) is 13.9. The van der Waals surface area contributed by atoms with E-state index in [1.165, 1.54) is 24.4 Å². The van der Waals surface area contributed by atoms with Gasteiger partial charge in [0.25, 0.3) is 0 Å². The molecule has 0 atom stereocenters. The third kappa shape index (κ3) is 4.81. The van der Waals surface area contributed by atoms with Crippen LogP contribution in [0.5, 0.6) is 5.75 Å². The summed E-state index contributed by atoms with van der Waals surface area (Å²) in [6.07, 6.45) is -1.29. The van der Waals surface area contributed by atoms with Crippen molar-refractivity contribution in [2.24, 2.45) is 0 Å². The Morgan fingerprint density at radius 3 is 2.53 bits per heavy atom. The molecule has 34 heavy (non-hydrogen) atoms. The van der Waals surface area contributed by atoms with Crippen molar-refractivity contribution in [3.8, 4) is 5.75 Å². The summed E-state index contributed by atoms with van der Waals surface area (Å²) in [5, 5.41) is 9.45. The highest BCUT2D eigenvalue weighted by molar-refractivity contribution is 5.96. The van der Waals surface area contributed by atoms with Crippen LogP contribution in [0.4, 0.5) is 17.6 Å². The van der Waals surface area contributed by atoms with Crippen molar-refractivity contribution >= 4 is 17.1 Å². The number of carbonyl (C=O) groups is 1. The zero-order valence-corrected chi connectivity index (χ0v) is 18.2. The zero-order valence-electron chi connectivity index (χ0n) is 18.2. The van der Waals surface area contributed by atoms with E-state index in [-0.39, 0.29) is 29.0 Å². The molecule has 0 saturated heterocycles. The lowest BCUT2D eigenvalue weighted by Gasteiger charge is -2.17. The van der Waals surface area contributed by atoms with Gasteiger partial charge >= 0.3 is 12.1 Å². The highest BCUT2D eigenvalue weighted by Gasteiger charge is 2.32. The van der Waals surface area contributed by atoms with Gasteiger partial charge in [-0.3, -0.25) is 4.98 Å².